The van der Waals surface area contributed by atoms with Crippen LogP contribution >= 0.6 is 0 Å². The summed E-state index contributed by atoms with van der Waals surface area (Å²) in [6, 6.07) is 8.86. The standard InChI is InChI=1S/C20H16F2O3S/c1-11-7-13-9-17(21)18(22)10-15(13)19(11)16(20(23)24)8-12-3-5-14(6-4-12)26(2)25/h3-6,8-10H,7H2,1-2H3,(H,23,24). The molecule has 0 radical (unpaired) electrons. The molecule has 0 fully saturated rings. The van der Waals surface area contributed by atoms with Gasteiger partial charge in [-0.25, -0.2) is 13.6 Å². The Hall–Kier alpha value is -2.60. The smallest absolute Gasteiger partial charge is 0.336 e. The maximum atomic E-state index is 13.7. The number of halogens is 2. The van der Waals surface area contributed by atoms with Gasteiger partial charge in [0, 0.05) is 22.0 Å². The number of carbonyl (C=O) groups is 1. The molecule has 1 N–H and O–H groups in total. The Balaban J connectivity index is 2.10. The van der Waals surface area contributed by atoms with Crippen LogP contribution in [0.5, 0.6) is 0 Å². The molecule has 6 heteroatoms. The number of fused-ring (bicyclic) bond motifs is 1. The summed E-state index contributed by atoms with van der Waals surface area (Å²) in [4.78, 5) is 12.5. The molecule has 2 aromatic carbocycles. The summed E-state index contributed by atoms with van der Waals surface area (Å²) in [5.74, 6) is -3.10. The van der Waals surface area contributed by atoms with Gasteiger partial charge in [-0.2, -0.15) is 0 Å². The van der Waals surface area contributed by atoms with Crippen molar-refractivity contribution in [2.45, 2.75) is 18.2 Å². The van der Waals surface area contributed by atoms with Crippen molar-refractivity contribution in [3.05, 3.63) is 75.9 Å². The van der Waals surface area contributed by atoms with E-state index >= 15 is 0 Å². The van der Waals surface area contributed by atoms with Crippen LogP contribution in [0.15, 0.2) is 52.4 Å². The molecule has 0 spiro atoms. The monoisotopic (exact) mass is 374 g/mol. The lowest BCUT2D eigenvalue weighted by Crippen LogP contribution is -2.04. The van der Waals surface area contributed by atoms with Crippen LogP contribution in [0, 0.1) is 11.6 Å². The first kappa shape index (κ1) is 18.2. The summed E-state index contributed by atoms with van der Waals surface area (Å²) in [6.45, 7) is 1.76. The molecule has 3 nitrogen and oxygen atoms in total. The van der Waals surface area contributed by atoms with E-state index in [1.807, 2.05) is 0 Å². The zero-order valence-corrected chi connectivity index (χ0v) is 15.0. The summed E-state index contributed by atoms with van der Waals surface area (Å²) in [6.07, 6.45) is 3.42. The second-order valence-electron chi connectivity index (χ2n) is 6.14. The summed E-state index contributed by atoms with van der Waals surface area (Å²) in [5.41, 5.74) is 2.76. The molecule has 134 valence electrons. The highest BCUT2D eigenvalue weighted by atomic mass is 32.2. The molecule has 0 amide bonds. The van der Waals surface area contributed by atoms with Gasteiger partial charge in [0.2, 0.25) is 0 Å². The summed E-state index contributed by atoms with van der Waals surface area (Å²) < 4.78 is 38.6. The van der Waals surface area contributed by atoms with Crippen molar-refractivity contribution in [1.82, 2.24) is 0 Å². The number of carboxylic acid groups (broad SMARTS) is 1. The van der Waals surface area contributed by atoms with E-state index in [1.165, 1.54) is 6.08 Å². The fraction of sp³-hybridized carbons (Fsp3) is 0.150. The predicted molar refractivity (Wildman–Crippen MR) is 97.0 cm³/mol. The van der Waals surface area contributed by atoms with Crippen molar-refractivity contribution in [3.8, 4) is 0 Å². The molecule has 1 unspecified atom stereocenters. The van der Waals surface area contributed by atoms with Gasteiger partial charge < -0.3 is 5.11 Å². The van der Waals surface area contributed by atoms with Gasteiger partial charge in [-0.15, -0.1) is 0 Å². The molecule has 0 aliphatic heterocycles. The quantitative estimate of drug-likeness (QED) is 0.816. The van der Waals surface area contributed by atoms with Crippen molar-refractivity contribution in [1.29, 1.82) is 0 Å². The summed E-state index contributed by atoms with van der Waals surface area (Å²) in [7, 11) is -1.12. The van der Waals surface area contributed by atoms with E-state index in [0.29, 0.717) is 33.6 Å². The third kappa shape index (κ3) is 3.37. The van der Waals surface area contributed by atoms with Crippen molar-refractivity contribution < 1.29 is 22.9 Å². The first-order valence-corrected chi connectivity index (χ1v) is 9.40. The number of benzene rings is 2. The summed E-state index contributed by atoms with van der Waals surface area (Å²) >= 11 is 0. The fourth-order valence-corrected chi connectivity index (χ4v) is 3.63. The first-order valence-electron chi connectivity index (χ1n) is 7.85. The molecule has 0 aromatic heterocycles. The highest BCUT2D eigenvalue weighted by Crippen LogP contribution is 2.39. The fourth-order valence-electron chi connectivity index (χ4n) is 3.11. The molecule has 2 aromatic rings. The van der Waals surface area contributed by atoms with Crippen LogP contribution in [0.1, 0.15) is 23.6 Å². The maximum absolute atomic E-state index is 13.7. The zero-order chi connectivity index (χ0) is 19.0. The maximum Gasteiger partial charge on any atom is 0.336 e. The molecule has 26 heavy (non-hydrogen) atoms. The van der Waals surface area contributed by atoms with Gasteiger partial charge in [-0.05, 0) is 65.9 Å². The van der Waals surface area contributed by atoms with Crippen molar-refractivity contribution in [3.63, 3.8) is 0 Å². The van der Waals surface area contributed by atoms with Gasteiger partial charge in [0.15, 0.2) is 11.6 Å². The lowest BCUT2D eigenvalue weighted by molar-refractivity contribution is -0.132. The minimum absolute atomic E-state index is 0.0117. The van der Waals surface area contributed by atoms with E-state index in [-0.39, 0.29) is 5.57 Å². The molecule has 0 bridgehead atoms. The minimum atomic E-state index is -1.15. The molecular weight excluding hydrogens is 358 g/mol. The van der Waals surface area contributed by atoms with Gasteiger partial charge in [-0.1, -0.05) is 17.7 Å². The van der Waals surface area contributed by atoms with Gasteiger partial charge in [-0.3, -0.25) is 4.21 Å². The Kier molecular flexibility index (Phi) is 4.87. The number of hydrogen-bond acceptors (Lipinski definition) is 2. The lowest BCUT2D eigenvalue weighted by Gasteiger charge is -2.09. The Bertz CT molecular complexity index is 989. The van der Waals surface area contributed by atoms with E-state index < -0.39 is 28.4 Å². The van der Waals surface area contributed by atoms with Crippen LogP contribution < -0.4 is 0 Å². The Labute approximate surface area is 152 Å². The molecule has 0 saturated heterocycles. The Morgan fingerprint density at radius 2 is 1.77 bits per heavy atom. The van der Waals surface area contributed by atoms with E-state index in [1.54, 1.807) is 37.4 Å². The third-order valence-corrected chi connectivity index (χ3v) is 5.26. The summed E-state index contributed by atoms with van der Waals surface area (Å²) in [5, 5.41) is 9.69. The van der Waals surface area contributed by atoms with Crippen LogP contribution in [-0.4, -0.2) is 21.5 Å². The SMILES string of the molecule is CC1=C(C(=Cc2ccc(S(C)=O)cc2)C(=O)O)c2cc(F)c(F)cc2C1. The van der Waals surface area contributed by atoms with Gasteiger partial charge in [0.25, 0.3) is 0 Å². The number of carboxylic acids is 1. The molecule has 1 aliphatic rings. The largest absolute Gasteiger partial charge is 0.478 e. The normalized spacial score (nSPS) is 15.2. The van der Waals surface area contributed by atoms with Crippen LogP contribution in [0.2, 0.25) is 0 Å². The van der Waals surface area contributed by atoms with Gasteiger partial charge in [0.1, 0.15) is 0 Å². The second kappa shape index (κ2) is 6.96. The third-order valence-electron chi connectivity index (χ3n) is 4.32. The Morgan fingerprint density at radius 1 is 1.15 bits per heavy atom. The van der Waals surface area contributed by atoms with Crippen molar-refractivity contribution in [2.75, 3.05) is 6.26 Å². The van der Waals surface area contributed by atoms with E-state index in [2.05, 4.69) is 0 Å². The number of aliphatic carboxylic acids is 1. The molecule has 3 rings (SSSR count). The highest BCUT2D eigenvalue weighted by Gasteiger charge is 2.27. The van der Waals surface area contributed by atoms with Crippen molar-refractivity contribution >= 4 is 28.4 Å². The first-order chi connectivity index (χ1) is 12.3. The molecule has 1 aliphatic carbocycles. The predicted octanol–water partition coefficient (Wildman–Crippen LogP) is 4.20. The lowest BCUT2D eigenvalue weighted by atomic mass is 9.95. The topological polar surface area (TPSA) is 54.4 Å². The number of allylic oxidation sites excluding steroid dienone is 1. The average molecular weight is 374 g/mol. The van der Waals surface area contributed by atoms with Crippen LogP contribution in [0.25, 0.3) is 11.6 Å². The molecule has 0 heterocycles. The van der Waals surface area contributed by atoms with Crippen LogP contribution in [0.4, 0.5) is 8.78 Å². The minimum Gasteiger partial charge on any atom is -0.478 e. The van der Waals surface area contributed by atoms with E-state index in [9.17, 15) is 22.9 Å². The number of rotatable bonds is 4. The molecular formula is C20H16F2O3S. The highest BCUT2D eigenvalue weighted by molar-refractivity contribution is 7.84. The van der Waals surface area contributed by atoms with Gasteiger partial charge >= 0.3 is 5.97 Å². The van der Waals surface area contributed by atoms with Crippen molar-refractivity contribution in [2.24, 2.45) is 0 Å². The van der Waals surface area contributed by atoms with Crippen LogP contribution in [-0.2, 0) is 22.0 Å². The van der Waals surface area contributed by atoms with E-state index in [0.717, 1.165) is 17.7 Å². The van der Waals surface area contributed by atoms with E-state index in [4.69, 9.17) is 0 Å². The van der Waals surface area contributed by atoms with Crippen LogP contribution in [0.3, 0.4) is 0 Å². The number of hydrogen-bond donors (Lipinski definition) is 1. The second-order valence-corrected chi connectivity index (χ2v) is 7.52. The molecule has 1 atom stereocenters. The molecule has 0 saturated carbocycles. The Morgan fingerprint density at radius 3 is 2.35 bits per heavy atom. The van der Waals surface area contributed by atoms with Gasteiger partial charge in [0.05, 0.1) is 5.57 Å². The zero-order valence-electron chi connectivity index (χ0n) is 14.2. The average Bonchev–Trinajstić information content (AvgIpc) is 2.88.